The van der Waals surface area contributed by atoms with Gasteiger partial charge in [-0.1, -0.05) is 60.7 Å². The van der Waals surface area contributed by atoms with Crippen molar-refractivity contribution in [3.63, 3.8) is 0 Å². The first-order valence-corrected chi connectivity index (χ1v) is 7.98. The molecule has 122 valence electrons. The van der Waals surface area contributed by atoms with Crippen molar-refractivity contribution in [1.82, 2.24) is 9.97 Å². The van der Waals surface area contributed by atoms with E-state index in [4.69, 9.17) is 0 Å². The number of hydrogen-bond acceptors (Lipinski definition) is 2. The zero-order valence-corrected chi connectivity index (χ0v) is 13.6. The van der Waals surface area contributed by atoms with Crippen LogP contribution in [0, 0.1) is 6.92 Å². The second-order valence-corrected chi connectivity index (χ2v) is 5.94. The smallest absolute Gasteiger partial charge is 0.318 e. The lowest BCUT2D eigenvalue weighted by Crippen LogP contribution is -2.37. The molecule has 1 heterocycles. The molecule has 0 aliphatic heterocycles. The Labute approximate surface area is 141 Å². The number of nitrogens with one attached hydrogen (secondary N) is 1. The lowest BCUT2D eigenvalue weighted by molar-refractivity contribution is -0.142. The van der Waals surface area contributed by atoms with Crippen LogP contribution in [0.3, 0.4) is 0 Å². The lowest BCUT2D eigenvalue weighted by Gasteiger charge is -2.30. The minimum absolute atomic E-state index is 0.456. The number of hydrogen-bond donors (Lipinski definition) is 2. The number of carboxylic acids is 1. The zero-order chi connectivity index (χ0) is 17.0. The molecule has 2 N–H and O–H groups in total. The highest BCUT2D eigenvalue weighted by molar-refractivity contribution is 5.86. The number of carboxylic acid groups (broad SMARTS) is 1. The van der Waals surface area contributed by atoms with Crippen LogP contribution in [0.1, 0.15) is 29.1 Å². The molecule has 0 aliphatic rings. The van der Waals surface area contributed by atoms with Crippen LogP contribution in [0.2, 0.25) is 0 Å². The van der Waals surface area contributed by atoms with Crippen LogP contribution in [-0.4, -0.2) is 21.0 Å². The number of benzene rings is 2. The van der Waals surface area contributed by atoms with Crippen molar-refractivity contribution >= 4 is 5.97 Å². The summed E-state index contributed by atoms with van der Waals surface area (Å²) in [5.74, 6) is 0.00137. The van der Waals surface area contributed by atoms with E-state index in [-0.39, 0.29) is 0 Å². The van der Waals surface area contributed by atoms with Gasteiger partial charge in [-0.05, 0) is 30.9 Å². The van der Waals surface area contributed by atoms with Crippen LogP contribution < -0.4 is 0 Å². The second kappa shape index (κ2) is 6.71. The number of rotatable bonds is 6. The third-order valence-electron chi connectivity index (χ3n) is 4.42. The van der Waals surface area contributed by atoms with E-state index in [0.29, 0.717) is 12.8 Å². The summed E-state index contributed by atoms with van der Waals surface area (Å²) in [7, 11) is 0. The van der Waals surface area contributed by atoms with Gasteiger partial charge in [-0.15, -0.1) is 0 Å². The molecule has 0 unspecified atom stereocenters. The molecule has 0 radical (unpaired) electrons. The maximum absolute atomic E-state index is 12.4. The maximum atomic E-state index is 12.4. The Morgan fingerprint density at radius 2 is 1.58 bits per heavy atom. The molecule has 1 aromatic heterocycles. The van der Waals surface area contributed by atoms with Crippen molar-refractivity contribution in [1.29, 1.82) is 0 Å². The molecule has 0 atom stereocenters. The highest BCUT2D eigenvalue weighted by Gasteiger charge is 2.41. The molecule has 0 saturated carbocycles. The average Bonchev–Trinajstić information content (AvgIpc) is 3.02. The number of aryl methyl sites for hydroxylation is 2. The van der Waals surface area contributed by atoms with Crippen LogP contribution in [0.25, 0.3) is 0 Å². The molecule has 0 amide bonds. The van der Waals surface area contributed by atoms with E-state index in [0.717, 1.165) is 22.6 Å². The molecular formula is C20H20N2O2. The quantitative estimate of drug-likeness (QED) is 0.727. The fourth-order valence-electron chi connectivity index (χ4n) is 3.18. The van der Waals surface area contributed by atoms with Crippen molar-refractivity contribution in [2.45, 2.75) is 25.2 Å². The first-order valence-electron chi connectivity index (χ1n) is 7.98. The Morgan fingerprint density at radius 1 is 1.04 bits per heavy atom. The monoisotopic (exact) mass is 320 g/mol. The molecule has 0 fully saturated rings. The largest absolute Gasteiger partial charge is 0.480 e. The van der Waals surface area contributed by atoms with E-state index >= 15 is 0 Å². The predicted octanol–water partition coefficient (Wildman–Crippen LogP) is 3.72. The van der Waals surface area contributed by atoms with E-state index in [2.05, 4.69) is 9.97 Å². The van der Waals surface area contributed by atoms with Gasteiger partial charge in [0.15, 0.2) is 0 Å². The Kier molecular flexibility index (Phi) is 4.47. The number of imidazole rings is 1. The van der Waals surface area contributed by atoms with E-state index in [1.165, 1.54) is 0 Å². The van der Waals surface area contributed by atoms with Crippen molar-refractivity contribution in [2.24, 2.45) is 0 Å². The van der Waals surface area contributed by atoms with Crippen LogP contribution in [0.15, 0.2) is 66.9 Å². The summed E-state index contributed by atoms with van der Waals surface area (Å²) in [4.78, 5) is 19.8. The van der Waals surface area contributed by atoms with Gasteiger partial charge < -0.3 is 10.1 Å². The number of nitrogens with zero attached hydrogens (tertiary/aromatic N) is 1. The predicted molar refractivity (Wildman–Crippen MR) is 92.9 cm³/mol. The van der Waals surface area contributed by atoms with Crippen LogP contribution in [0.4, 0.5) is 0 Å². The molecule has 3 rings (SSSR count). The fraction of sp³-hybridized carbons (Fsp3) is 0.200. The Morgan fingerprint density at radius 3 is 2.00 bits per heavy atom. The zero-order valence-electron chi connectivity index (χ0n) is 13.6. The maximum Gasteiger partial charge on any atom is 0.318 e. The summed E-state index contributed by atoms with van der Waals surface area (Å²) in [5, 5.41) is 10.2. The van der Waals surface area contributed by atoms with Gasteiger partial charge in [-0.25, -0.2) is 4.98 Å². The van der Waals surface area contributed by atoms with E-state index in [1.807, 2.05) is 67.6 Å². The minimum Gasteiger partial charge on any atom is -0.480 e. The Balaban J connectivity index is 2.06. The highest BCUT2D eigenvalue weighted by atomic mass is 16.4. The van der Waals surface area contributed by atoms with E-state index in [9.17, 15) is 9.90 Å². The molecule has 3 aromatic rings. The summed E-state index contributed by atoms with van der Waals surface area (Å²) < 4.78 is 0. The number of aromatic amines is 1. The topological polar surface area (TPSA) is 66.0 Å². The van der Waals surface area contributed by atoms with Gasteiger partial charge in [0.2, 0.25) is 0 Å². The molecule has 0 bridgehead atoms. The van der Waals surface area contributed by atoms with Gasteiger partial charge >= 0.3 is 5.97 Å². The number of aromatic nitrogens is 2. The second-order valence-electron chi connectivity index (χ2n) is 5.94. The molecule has 4 heteroatoms. The number of carbonyl (C=O) groups is 1. The normalized spacial score (nSPS) is 11.4. The minimum atomic E-state index is -1.08. The van der Waals surface area contributed by atoms with Crippen molar-refractivity contribution in [2.75, 3.05) is 0 Å². The summed E-state index contributed by atoms with van der Waals surface area (Å²) in [6.07, 6.45) is 2.84. The molecule has 2 aromatic carbocycles. The summed E-state index contributed by atoms with van der Waals surface area (Å²) in [6.45, 7) is 1.89. The van der Waals surface area contributed by atoms with Crippen LogP contribution in [-0.2, 0) is 16.6 Å². The Hall–Kier alpha value is -2.88. The van der Waals surface area contributed by atoms with E-state index in [1.54, 1.807) is 6.20 Å². The van der Waals surface area contributed by atoms with Gasteiger partial charge in [-0.2, -0.15) is 0 Å². The molecule has 4 nitrogen and oxygen atoms in total. The average molecular weight is 320 g/mol. The Bertz CT molecular complexity index is 770. The SMILES string of the molecule is Cc1ncc(CCC(C(=O)O)(c2ccccc2)c2ccccc2)[nH]1. The molecule has 24 heavy (non-hydrogen) atoms. The van der Waals surface area contributed by atoms with Gasteiger partial charge in [0.05, 0.1) is 0 Å². The lowest BCUT2D eigenvalue weighted by atomic mass is 9.71. The summed E-state index contributed by atoms with van der Waals surface area (Å²) in [5.41, 5.74) is 1.45. The molecule has 0 spiro atoms. The molecule has 0 saturated heterocycles. The molecule has 0 aliphatic carbocycles. The van der Waals surface area contributed by atoms with E-state index < -0.39 is 11.4 Å². The highest BCUT2D eigenvalue weighted by Crippen LogP contribution is 2.37. The number of aliphatic carboxylic acids is 1. The van der Waals surface area contributed by atoms with Crippen molar-refractivity contribution in [3.05, 3.63) is 89.5 Å². The van der Waals surface area contributed by atoms with Crippen molar-refractivity contribution < 1.29 is 9.90 Å². The van der Waals surface area contributed by atoms with Crippen LogP contribution >= 0.6 is 0 Å². The number of H-pyrrole nitrogens is 1. The van der Waals surface area contributed by atoms with Gasteiger partial charge in [0.25, 0.3) is 0 Å². The fourth-order valence-corrected chi connectivity index (χ4v) is 3.18. The van der Waals surface area contributed by atoms with Crippen LogP contribution in [0.5, 0.6) is 0 Å². The van der Waals surface area contributed by atoms with Gasteiger partial charge in [-0.3, -0.25) is 4.79 Å². The summed E-state index contributed by atoms with van der Waals surface area (Å²) >= 11 is 0. The first kappa shape index (κ1) is 16.0. The molecular weight excluding hydrogens is 300 g/mol. The third kappa shape index (κ3) is 2.95. The third-order valence-corrected chi connectivity index (χ3v) is 4.42. The van der Waals surface area contributed by atoms with Gasteiger partial charge in [0.1, 0.15) is 11.2 Å². The summed E-state index contributed by atoms with van der Waals surface area (Å²) in [6, 6.07) is 18.9. The van der Waals surface area contributed by atoms with Crippen molar-refractivity contribution in [3.8, 4) is 0 Å². The van der Waals surface area contributed by atoms with Gasteiger partial charge in [0, 0.05) is 11.9 Å². The first-order chi connectivity index (χ1) is 11.6. The standard InChI is InChI=1S/C20H20N2O2/c1-15-21-14-18(22-15)12-13-20(19(23)24,16-8-4-2-5-9-16)17-10-6-3-7-11-17/h2-11,14H,12-13H2,1H3,(H,21,22)(H,23,24).